The summed E-state index contributed by atoms with van der Waals surface area (Å²) in [6, 6.07) is 8.32. The first-order chi connectivity index (χ1) is 15.3. The van der Waals surface area contributed by atoms with E-state index in [0.29, 0.717) is 39.7 Å². The zero-order chi connectivity index (χ0) is 23.2. The molecule has 4 rings (SSSR count). The molecule has 1 unspecified atom stereocenters. The highest BCUT2D eigenvalue weighted by atomic mass is 35.5. The number of carbonyl (C=O) groups excluding carboxylic acids is 1. The standard InChI is InChI=1S/C25H26Cl2N2O3/c1-5-28(6-2)9-10-29-22(16-7-8-18(26)19(27)13-16)21-23(30)17-11-14(3)15(4)12-20(17)32-24(21)25(29)31/h7-8,11-13,22H,5-6,9-10H2,1-4H3. The van der Waals surface area contributed by atoms with Gasteiger partial charge in [0, 0.05) is 13.1 Å². The van der Waals surface area contributed by atoms with E-state index >= 15 is 0 Å². The summed E-state index contributed by atoms with van der Waals surface area (Å²) in [7, 11) is 0. The van der Waals surface area contributed by atoms with Gasteiger partial charge in [0.2, 0.25) is 5.76 Å². The van der Waals surface area contributed by atoms with Gasteiger partial charge in [0.1, 0.15) is 5.58 Å². The number of rotatable bonds is 6. The summed E-state index contributed by atoms with van der Waals surface area (Å²) in [6.45, 7) is 11.0. The Labute approximate surface area is 197 Å². The molecule has 1 amide bonds. The van der Waals surface area contributed by atoms with E-state index in [-0.39, 0.29) is 17.1 Å². The lowest BCUT2D eigenvalue weighted by Crippen LogP contribution is -2.37. The molecule has 0 saturated carbocycles. The van der Waals surface area contributed by atoms with Crippen LogP contribution in [0.4, 0.5) is 0 Å². The number of amides is 1. The number of fused-ring (bicyclic) bond motifs is 2. The summed E-state index contributed by atoms with van der Waals surface area (Å²) in [6.07, 6.45) is 0. The molecule has 7 heteroatoms. The fourth-order valence-corrected chi connectivity index (χ4v) is 4.63. The Bertz CT molecular complexity index is 1260. The van der Waals surface area contributed by atoms with Gasteiger partial charge in [-0.05, 0) is 67.9 Å². The summed E-state index contributed by atoms with van der Waals surface area (Å²) < 4.78 is 6.06. The van der Waals surface area contributed by atoms with Crippen molar-refractivity contribution in [2.24, 2.45) is 0 Å². The number of benzene rings is 2. The lowest BCUT2D eigenvalue weighted by atomic mass is 9.97. The van der Waals surface area contributed by atoms with Crippen molar-refractivity contribution in [2.75, 3.05) is 26.2 Å². The van der Waals surface area contributed by atoms with Crippen LogP contribution in [-0.2, 0) is 0 Å². The van der Waals surface area contributed by atoms with Gasteiger partial charge >= 0.3 is 0 Å². The molecule has 0 radical (unpaired) electrons. The molecule has 32 heavy (non-hydrogen) atoms. The maximum Gasteiger partial charge on any atom is 0.290 e. The van der Waals surface area contributed by atoms with Crippen molar-refractivity contribution < 1.29 is 9.21 Å². The smallest absolute Gasteiger partial charge is 0.290 e. The first-order valence-electron chi connectivity index (χ1n) is 10.8. The number of aryl methyl sites for hydroxylation is 2. The first kappa shape index (κ1) is 22.8. The number of likely N-dealkylation sites (N-methyl/N-ethyl adjacent to an activating group) is 1. The molecule has 168 valence electrons. The van der Waals surface area contributed by atoms with E-state index in [1.165, 1.54) is 0 Å². The highest BCUT2D eigenvalue weighted by Gasteiger charge is 2.42. The van der Waals surface area contributed by atoms with E-state index in [9.17, 15) is 9.59 Å². The molecule has 1 aliphatic rings. The van der Waals surface area contributed by atoms with Gasteiger partial charge in [-0.25, -0.2) is 0 Å². The Morgan fingerprint density at radius 1 is 1.00 bits per heavy atom. The van der Waals surface area contributed by atoms with Gasteiger partial charge in [-0.3, -0.25) is 9.59 Å². The van der Waals surface area contributed by atoms with Gasteiger partial charge in [0.05, 0.1) is 27.0 Å². The van der Waals surface area contributed by atoms with Crippen molar-refractivity contribution in [3.8, 4) is 0 Å². The van der Waals surface area contributed by atoms with Crippen LogP contribution in [-0.4, -0.2) is 41.9 Å². The van der Waals surface area contributed by atoms with Gasteiger partial charge < -0.3 is 14.2 Å². The molecule has 0 fully saturated rings. The molecule has 5 nitrogen and oxygen atoms in total. The van der Waals surface area contributed by atoms with E-state index in [1.807, 2.05) is 32.0 Å². The average molecular weight is 473 g/mol. The molecule has 0 bridgehead atoms. The van der Waals surface area contributed by atoms with Gasteiger partial charge in [0.15, 0.2) is 5.43 Å². The van der Waals surface area contributed by atoms with E-state index in [4.69, 9.17) is 27.6 Å². The predicted octanol–water partition coefficient (Wildman–Crippen LogP) is 5.60. The quantitative estimate of drug-likeness (QED) is 0.468. The Morgan fingerprint density at radius 3 is 2.34 bits per heavy atom. The Morgan fingerprint density at radius 2 is 1.69 bits per heavy atom. The van der Waals surface area contributed by atoms with Crippen molar-refractivity contribution in [3.05, 3.63) is 78.6 Å². The van der Waals surface area contributed by atoms with Gasteiger partial charge in [-0.1, -0.05) is 43.1 Å². The van der Waals surface area contributed by atoms with Crippen LogP contribution in [0.3, 0.4) is 0 Å². The summed E-state index contributed by atoms with van der Waals surface area (Å²) in [4.78, 5) is 31.1. The Hall–Kier alpha value is -2.34. The molecule has 0 aliphatic carbocycles. The van der Waals surface area contributed by atoms with Crippen LogP contribution in [0, 0.1) is 13.8 Å². The molecule has 2 heterocycles. The Balaban J connectivity index is 1.91. The maximum atomic E-state index is 13.7. The normalized spacial score (nSPS) is 15.8. The third-order valence-corrected chi connectivity index (χ3v) is 7.13. The lowest BCUT2D eigenvalue weighted by Gasteiger charge is -2.28. The van der Waals surface area contributed by atoms with Gasteiger partial charge in [-0.15, -0.1) is 0 Å². The molecule has 0 spiro atoms. The van der Waals surface area contributed by atoms with Crippen molar-refractivity contribution in [1.82, 2.24) is 9.80 Å². The van der Waals surface area contributed by atoms with Crippen LogP contribution in [0.1, 0.15) is 52.7 Å². The predicted molar refractivity (Wildman–Crippen MR) is 129 cm³/mol. The van der Waals surface area contributed by atoms with Crippen LogP contribution in [0.25, 0.3) is 11.0 Å². The molecular formula is C25H26Cl2N2O3. The fourth-order valence-electron chi connectivity index (χ4n) is 4.32. The number of carbonyl (C=O) groups is 1. The molecule has 3 aromatic rings. The van der Waals surface area contributed by atoms with Crippen LogP contribution < -0.4 is 5.43 Å². The molecule has 1 aromatic heterocycles. The largest absolute Gasteiger partial charge is 0.450 e. The van der Waals surface area contributed by atoms with Crippen LogP contribution >= 0.6 is 23.2 Å². The molecule has 1 atom stereocenters. The van der Waals surface area contributed by atoms with E-state index in [1.54, 1.807) is 17.0 Å². The van der Waals surface area contributed by atoms with E-state index < -0.39 is 6.04 Å². The topological polar surface area (TPSA) is 53.8 Å². The van der Waals surface area contributed by atoms with E-state index in [2.05, 4.69) is 18.7 Å². The zero-order valence-corrected chi connectivity index (χ0v) is 20.2. The average Bonchev–Trinajstić information content (AvgIpc) is 3.04. The van der Waals surface area contributed by atoms with E-state index in [0.717, 1.165) is 29.8 Å². The summed E-state index contributed by atoms with van der Waals surface area (Å²) in [5.74, 6) is -0.165. The second-order valence-corrected chi connectivity index (χ2v) is 9.02. The number of hydrogen-bond acceptors (Lipinski definition) is 4. The molecule has 0 N–H and O–H groups in total. The molecule has 2 aromatic carbocycles. The highest BCUT2D eigenvalue weighted by molar-refractivity contribution is 6.42. The second kappa shape index (κ2) is 8.89. The second-order valence-electron chi connectivity index (χ2n) is 8.21. The minimum Gasteiger partial charge on any atom is -0.450 e. The summed E-state index contributed by atoms with van der Waals surface area (Å²) in [5.41, 5.74) is 3.36. The fraction of sp³-hybridized carbons (Fsp3) is 0.360. The number of nitrogens with zero attached hydrogens (tertiary/aromatic N) is 2. The molecule has 0 saturated heterocycles. The van der Waals surface area contributed by atoms with Crippen molar-refractivity contribution in [2.45, 2.75) is 33.7 Å². The zero-order valence-electron chi connectivity index (χ0n) is 18.7. The van der Waals surface area contributed by atoms with Gasteiger partial charge in [-0.2, -0.15) is 0 Å². The van der Waals surface area contributed by atoms with Crippen LogP contribution in [0.15, 0.2) is 39.5 Å². The third-order valence-electron chi connectivity index (χ3n) is 6.39. The van der Waals surface area contributed by atoms with Gasteiger partial charge in [0.25, 0.3) is 5.91 Å². The van der Waals surface area contributed by atoms with Crippen LogP contribution in [0.5, 0.6) is 0 Å². The van der Waals surface area contributed by atoms with Crippen molar-refractivity contribution in [3.63, 3.8) is 0 Å². The van der Waals surface area contributed by atoms with Crippen molar-refractivity contribution >= 4 is 40.1 Å². The SMILES string of the molecule is CCN(CC)CCN1C(=O)c2oc3cc(C)c(C)cc3c(=O)c2C1c1ccc(Cl)c(Cl)c1. The molecule has 1 aliphatic heterocycles. The summed E-state index contributed by atoms with van der Waals surface area (Å²) >= 11 is 12.4. The number of hydrogen-bond donors (Lipinski definition) is 0. The Kier molecular flexibility index (Phi) is 6.35. The number of halogens is 2. The lowest BCUT2D eigenvalue weighted by molar-refractivity contribution is 0.0708. The molecular weight excluding hydrogens is 447 g/mol. The first-order valence-corrected chi connectivity index (χ1v) is 11.6. The monoisotopic (exact) mass is 472 g/mol. The highest BCUT2D eigenvalue weighted by Crippen LogP contribution is 2.39. The third kappa shape index (κ3) is 3.83. The maximum absolute atomic E-state index is 13.7. The van der Waals surface area contributed by atoms with Crippen LogP contribution in [0.2, 0.25) is 10.0 Å². The minimum absolute atomic E-state index is 0.112. The minimum atomic E-state index is -0.579. The summed E-state index contributed by atoms with van der Waals surface area (Å²) in [5, 5.41) is 1.28. The van der Waals surface area contributed by atoms with Crippen molar-refractivity contribution in [1.29, 1.82) is 0 Å².